The summed E-state index contributed by atoms with van der Waals surface area (Å²) in [6.45, 7) is 0.546. The van der Waals surface area contributed by atoms with Crippen LogP contribution in [-0.4, -0.2) is 31.7 Å². The number of nitrogens with zero attached hydrogens (tertiary/aromatic N) is 1. The lowest BCUT2D eigenvalue weighted by molar-refractivity contribution is -0.123. The van der Waals surface area contributed by atoms with Crippen molar-refractivity contribution < 1.29 is 14.3 Å². The summed E-state index contributed by atoms with van der Waals surface area (Å²) in [5, 5.41) is 12.8. The average molecular weight is 344 g/mol. The van der Waals surface area contributed by atoms with Crippen LogP contribution >= 0.6 is 0 Å². The largest absolute Gasteiger partial charge is 0.388 e. The summed E-state index contributed by atoms with van der Waals surface area (Å²) in [7, 11) is 4.01. The highest BCUT2D eigenvalue weighted by molar-refractivity contribution is 5.76. The molecule has 5 heteroatoms. The Morgan fingerprint density at radius 3 is 2.56 bits per heavy atom. The lowest BCUT2D eigenvalue weighted by atomic mass is 10.1. The van der Waals surface area contributed by atoms with Crippen LogP contribution in [0.3, 0.4) is 0 Å². The van der Waals surface area contributed by atoms with Gasteiger partial charge in [-0.3, -0.25) is 4.79 Å². The first-order valence-electron chi connectivity index (χ1n) is 8.42. The van der Waals surface area contributed by atoms with Gasteiger partial charge in [-0.2, -0.15) is 0 Å². The van der Waals surface area contributed by atoms with Gasteiger partial charge >= 0.3 is 0 Å². The van der Waals surface area contributed by atoms with Crippen molar-refractivity contribution in [1.29, 1.82) is 0 Å². The molecule has 1 unspecified atom stereocenters. The van der Waals surface area contributed by atoms with Crippen molar-refractivity contribution in [3.05, 3.63) is 65.5 Å². The zero-order chi connectivity index (χ0) is 18.2. The molecule has 2 aromatic rings. The maximum absolute atomic E-state index is 13.1. The van der Waals surface area contributed by atoms with E-state index in [2.05, 4.69) is 29.6 Å². The first-order chi connectivity index (χ1) is 12.0. The van der Waals surface area contributed by atoms with Crippen molar-refractivity contribution in [2.45, 2.75) is 25.4 Å². The van der Waals surface area contributed by atoms with Gasteiger partial charge in [-0.25, -0.2) is 4.39 Å². The predicted octanol–water partition coefficient (Wildman–Crippen LogP) is 3.06. The highest BCUT2D eigenvalue weighted by Crippen LogP contribution is 2.17. The van der Waals surface area contributed by atoms with Gasteiger partial charge in [-0.15, -0.1) is 0 Å². The minimum atomic E-state index is -0.991. The van der Waals surface area contributed by atoms with Crippen molar-refractivity contribution in [2.24, 2.45) is 0 Å². The Morgan fingerprint density at radius 2 is 1.92 bits per heavy atom. The molecule has 2 aromatic carbocycles. The number of hydrogen-bond donors (Lipinski definition) is 2. The normalized spacial score (nSPS) is 11.8. The number of nitrogens with one attached hydrogen (secondary N) is 1. The molecule has 4 nitrogen and oxygen atoms in total. The quantitative estimate of drug-likeness (QED) is 0.724. The van der Waals surface area contributed by atoms with E-state index in [1.54, 1.807) is 6.07 Å². The topological polar surface area (TPSA) is 52.6 Å². The number of carbonyl (C=O) groups excluding carboxylic acids is 1. The number of anilines is 1. The monoisotopic (exact) mass is 344 g/mol. The van der Waals surface area contributed by atoms with Crippen LogP contribution in [-0.2, 0) is 11.2 Å². The highest BCUT2D eigenvalue weighted by atomic mass is 19.1. The van der Waals surface area contributed by atoms with Gasteiger partial charge in [-0.05, 0) is 48.2 Å². The van der Waals surface area contributed by atoms with Gasteiger partial charge < -0.3 is 15.3 Å². The van der Waals surface area contributed by atoms with E-state index in [1.165, 1.54) is 23.8 Å². The minimum absolute atomic E-state index is 0.0685. The van der Waals surface area contributed by atoms with Crippen LogP contribution in [0.25, 0.3) is 0 Å². The molecule has 134 valence electrons. The summed E-state index contributed by atoms with van der Waals surface area (Å²) in [5.74, 6) is -0.656. The molecule has 0 bridgehead atoms. The Morgan fingerprint density at radius 1 is 1.20 bits per heavy atom. The van der Waals surface area contributed by atoms with E-state index in [-0.39, 0.29) is 12.3 Å². The van der Waals surface area contributed by atoms with Crippen molar-refractivity contribution in [3.8, 4) is 0 Å². The molecule has 0 heterocycles. The molecule has 0 aromatic heterocycles. The Bertz CT molecular complexity index is 686. The van der Waals surface area contributed by atoms with Crippen LogP contribution in [0.2, 0.25) is 0 Å². The Labute approximate surface area is 148 Å². The number of amides is 1. The summed E-state index contributed by atoms with van der Waals surface area (Å²) < 4.78 is 13.1. The zero-order valence-corrected chi connectivity index (χ0v) is 14.7. The highest BCUT2D eigenvalue weighted by Gasteiger charge is 2.13. The first-order valence-corrected chi connectivity index (χ1v) is 8.42. The van der Waals surface area contributed by atoms with E-state index in [1.807, 2.05) is 19.0 Å². The van der Waals surface area contributed by atoms with Crippen LogP contribution in [0.4, 0.5) is 10.1 Å². The second-order valence-corrected chi connectivity index (χ2v) is 6.29. The molecule has 0 fully saturated rings. The molecule has 0 aliphatic rings. The fourth-order valence-electron chi connectivity index (χ4n) is 2.56. The molecular weight excluding hydrogens is 319 g/mol. The van der Waals surface area contributed by atoms with E-state index in [0.717, 1.165) is 18.5 Å². The molecule has 0 aliphatic heterocycles. The van der Waals surface area contributed by atoms with Gasteiger partial charge in [0.15, 0.2) is 0 Å². The number of aliphatic hydroxyl groups is 1. The van der Waals surface area contributed by atoms with Crippen LogP contribution in [0.1, 0.15) is 30.1 Å². The Hall–Kier alpha value is -2.40. The number of aryl methyl sites for hydroxylation is 1. The third kappa shape index (κ3) is 6.19. The standard InChI is InChI=1S/C20H25FN2O2/c1-23(2)18-10-8-15(9-11-18)5-4-12-22-20(25)14-19(24)16-6-3-7-17(21)13-16/h3,6-11,13,19,24H,4-5,12,14H2,1-2H3,(H,22,25). The van der Waals surface area contributed by atoms with Crippen LogP contribution in [0.15, 0.2) is 48.5 Å². The maximum atomic E-state index is 13.1. The number of halogens is 1. The zero-order valence-electron chi connectivity index (χ0n) is 14.7. The van der Waals surface area contributed by atoms with E-state index in [9.17, 15) is 14.3 Å². The number of aliphatic hydroxyl groups excluding tert-OH is 1. The van der Waals surface area contributed by atoms with Crippen molar-refractivity contribution in [1.82, 2.24) is 5.32 Å². The fraction of sp³-hybridized carbons (Fsp3) is 0.350. The van der Waals surface area contributed by atoms with Gasteiger partial charge in [0, 0.05) is 26.3 Å². The van der Waals surface area contributed by atoms with Crippen molar-refractivity contribution in [2.75, 3.05) is 25.5 Å². The van der Waals surface area contributed by atoms with E-state index in [0.29, 0.717) is 12.1 Å². The Kier molecular flexibility index (Phi) is 6.95. The van der Waals surface area contributed by atoms with Crippen molar-refractivity contribution in [3.63, 3.8) is 0 Å². The lowest BCUT2D eigenvalue weighted by Crippen LogP contribution is -2.26. The molecule has 0 saturated heterocycles. The van der Waals surface area contributed by atoms with Crippen LogP contribution in [0.5, 0.6) is 0 Å². The summed E-state index contributed by atoms with van der Waals surface area (Å²) >= 11 is 0. The van der Waals surface area contributed by atoms with Gasteiger partial charge in [-0.1, -0.05) is 24.3 Å². The second-order valence-electron chi connectivity index (χ2n) is 6.29. The average Bonchev–Trinajstić information content (AvgIpc) is 2.59. The third-order valence-electron chi connectivity index (χ3n) is 4.03. The number of carbonyl (C=O) groups is 1. The first kappa shape index (κ1) is 18.9. The van der Waals surface area contributed by atoms with Crippen molar-refractivity contribution >= 4 is 11.6 Å². The molecule has 0 spiro atoms. The van der Waals surface area contributed by atoms with E-state index in [4.69, 9.17) is 0 Å². The van der Waals surface area contributed by atoms with E-state index < -0.39 is 11.9 Å². The van der Waals surface area contributed by atoms with Crippen LogP contribution < -0.4 is 10.2 Å². The molecule has 0 aliphatic carbocycles. The van der Waals surface area contributed by atoms with Gasteiger partial charge in [0.05, 0.1) is 12.5 Å². The fourth-order valence-corrected chi connectivity index (χ4v) is 2.56. The van der Waals surface area contributed by atoms with Gasteiger partial charge in [0.1, 0.15) is 5.82 Å². The number of hydrogen-bond acceptors (Lipinski definition) is 3. The number of rotatable bonds is 8. The molecule has 0 saturated carbocycles. The molecule has 1 amide bonds. The molecule has 2 N–H and O–H groups in total. The summed E-state index contributed by atoms with van der Waals surface area (Å²) in [4.78, 5) is 13.9. The molecular formula is C20H25FN2O2. The molecule has 1 atom stereocenters. The van der Waals surface area contributed by atoms with E-state index >= 15 is 0 Å². The lowest BCUT2D eigenvalue weighted by Gasteiger charge is -2.13. The predicted molar refractivity (Wildman–Crippen MR) is 98.1 cm³/mol. The summed E-state index contributed by atoms with van der Waals surface area (Å²) in [5.41, 5.74) is 2.79. The van der Waals surface area contributed by atoms with Gasteiger partial charge in [0.25, 0.3) is 0 Å². The molecule has 25 heavy (non-hydrogen) atoms. The number of benzene rings is 2. The summed E-state index contributed by atoms with van der Waals surface area (Å²) in [6, 6.07) is 14.0. The minimum Gasteiger partial charge on any atom is -0.388 e. The molecule has 0 radical (unpaired) electrons. The third-order valence-corrected chi connectivity index (χ3v) is 4.03. The second kappa shape index (κ2) is 9.18. The van der Waals surface area contributed by atoms with Gasteiger partial charge in [0.2, 0.25) is 5.91 Å². The van der Waals surface area contributed by atoms with Crippen LogP contribution in [0, 0.1) is 5.82 Å². The maximum Gasteiger partial charge on any atom is 0.222 e. The molecule has 2 rings (SSSR count). The smallest absolute Gasteiger partial charge is 0.222 e. The Balaban J connectivity index is 1.70. The SMILES string of the molecule is CN(C)c1ccc(CCCNC(=O)CC(O)c2cccc(F)c2)cc1. The summed E-state index contributed by atoms with van der Waals surface area (Å²) in [6.07, 6.45) is 0.638.